The first-order valence-electron chi connectivity index (χ1n) is 3.05. The molecule has 62 valence electrons. The van der Waals surface area contributed by atoms with Gasteiger partial charge in [-0.25, -0.2) is 0 Å². The van der Waals surface area contributed by atoms with E-state index < -0.39 is 0 Å². The molecule has 2 N–H and O–H groups in total. The average molecular weight is 196 g/mol. The lowest BCUT2D eigenvalue weighted by Gasteiger charge is -1.99. The molecule has 0 aliphatic carbocycles. The summed E-state index contributed by atoms with van der Waals surface area (Å²) in [4.78, 5) is 0. The summed E-state index contributed by atoms with van der Waals surface area (Å²) in [6, 6.07) is 0. The third-order valence-electron chi connectivity index (χ3n) is 1.41. The summed E-state index contributed by atoms with van der Waals surface area (Å²) in [6.45, 7) is 2.18. The van der Waals surface area contributed by atoms with Crippen molar-refractivity contribution in [1.29, 1.82) is 0 Å². The molecule has 0 saturated carbocycles. The Hall–Kier alpha value is -0.540. The van der Waals surface area contributed by atoms with Gasteiger partial charge in [0, 0.05) is 6.54 Å². The van der Waals surface area contributed by atoms with E-state index in [4.69, 9.17) is 23.2 Å². The van der Waals surface area contributed by atoms with Crippen LogP contribution in [0.2, 0.25) is 10.0 Å². The Morgan fingerprint density at radius 2 is 1.55 bits per heavy atom. The summed E-state index contributed by atoms with van der Waals surface area (Å²) in [5.74, 6) is -0.395. The molecule has 1 aromatic heterocycles. The Bertz CT molecular complexity index is 257. The smallest absolute Gasteiger partial charge is 0.214 e. The summed E-state index contributed by atoms with van der Waals surface area (Å²) in [7, 11) is 0. The van der Waals surface area contributed by atoms with Gasteiger partial charge in [-0.15, -0.1) is 0 Å². The maximum absolute atomic E-state index is 9.19. The minimum absolute atomic E-state index is 0.00832. The van der Waals surface area contributed by atoms with Crippen LogP contribution in [0.15, 0.2) is 0 Å². The first-order valence-corrected chi connectivity index (χ1v) is 3.80. The Morgan fingerprint density at radius 3 is 1.73 bits per heavy atom. The molecule has 0 atom stereocenters. The lowest BCUT2D eigenvalue weighted by molar-refractivity contribution is 0.374. The zero-order chi connectivity index (χ0) is 8.59. The predicted octanol–water partition coefficient (Wildman–Crippen LogP) is 2.23. The van der Waals surface area contributed by atoms with Crippen molar-refractivity contribution in [3.63, 3.8) is 0 Å². The van der Waals surface area contributed by atoms with Crippen molar-refractivity contribution >= 4 is 23.2 Å². The molecule has 0 aliphatic rings. The summed E-state index contributed by atoms with van der Waals surface area (Å²) in [6.07, 6.45) is 0. The number of rotatable bonds is 1. The van der Waals surface area contributed by atoms with E-state index in [1.807, 2.05) is 0 Å². The van der Waals surface area contributed by atoms with Crippen molar-refractivity contribution in [1.82, 2.24) is 4.57 Å². The van der Waals surface area contributed by atoms with Gasteiger partial charge in [-0.05, 0) is 6.92 Å². The van der Waals surface area contributed by atoms with Crippen LogP contribution in [0.25, 0.3) is 0 Å². The largest absolute Gasteiger partial charge is 0.493 e. The maximum Gasteiger partial charge on any atom is 0.214 e. The highest BCUT2D eigenvalue weighted by molar-refractivity contribution is 6.43. The molecule has 0 radical (unpaired) electrons. The van der Waals surface area contributed by atoms with Gasteiger partial charge in [0.05, 0.1) is 0 Å². The summed E-state index contributed by atoms with van der Waals surface area (Å²) >= 11 is 11.0. The van der Waals surface area contributed by atoms with Gasteiger partial charge in [-0.2, -0.15) is 0 Å². The molecule has 0 amide bonds. The lowest BCUT2D eigenvalue weighted by Crippen LogP contribution is -1.90. The number of halogens is 2. The van der Waals surface area contributed by atoms with Crippen molar-refractivity contribution in [2.75, 3.05) is 0 Å². The van der Waals surface area contributed by atoms with E-state index in [2.05, 4.69) is 0 Å². The van der Waals surface area contributed by atoms with E-state index >= 15 is 0 Å². The first-order chi connectivity index (χ1) is 5.09. The zero-order valence-electron chi connectivity index (χ0n) is 5.80. The number of hydrogen-bond donors (Lipinski definition) is 2. The third-order valence-corrected chi connectivity index (χ3v) is 2.23. The molecule has 0 aliphatic heterocycles. The van der Waals surface area contributed by atoms with Crippen LogP contribution in [0.3, 0.4) is 0 Å². The molecular weight excluding hydrogens is 189 g/mol. The highest BCUT2D eigenvalue weighted by Crippen LogP contribution is 2.41. The Balaban J connectivity index is 3.36. The SMILES string of the molecule is CCn1c(O)c(Cl)c(Cl)c1O. The van der Waals surface area contributed by atoms with E-state index in [0.717, 1.165) is 0 Å². The first kappa shape index (κ1) is 8.56. The molecule has 1 aromatic rings. The van der Waals surface area contributed by atoms with Gasteiger partial charge in [0.15, 0.2) is 0 Å². The zero-order valence-corrected chi connectivity index (χ0v) is 7.32. The molecule has 0 bridgehead atoms. The van der Waals surface area contributed by atoms with Crippen molar-refractivity contribution in [3.8, 4) is 11.8 Å². The monoisotopic (exact) mass is 195 g/mol. The van der Waals surface area contributed by atoms with Crippen molar-refractivity contribution in [3.05, 3.63) is 10.0 Å². The second kappa shape index (κ2) is 2.83. The van der Waals surface area contributed by atoms with E-state index in [1.165, 1.54) is 4.57 Å². The molecule has 0 unspecified atom stereocenters. The Labute approximate surface area is 73.8 Å². The lowest BCUT2D eigenvalue weighted by atomic mass is 10.6. The molecule has 0 saturated heterocycles. The van der Waals surface area contributed by atoms with Gasteiger partial charge in [0.25, 0.3) is 0 Å². The summed E-state index contributed by atoms with van der Waals surface area (Å²) < 4.78 is 1.21. The normalized spacial score (nSPS) is 10.5. The highest BCUT2D eigenvalue weighted by atomic mass is 35.5. The van der Waals surface area contributed by atoms with Crippen LogP contribution in [-0.4, -0.2) is 14.8 Å². The van der Waals surface area contributed by atoms with Crippen LogP contribution in [0.1, 0.15) is 6.92 Å². The topological polar surface area (TPSA) is 45.4 Å². The molecule has 11 heavy (non-hydrogen) atoms. The summed E-state index contributed by atoms with van der Waals surface area (Å²) in [5, 5.41) is 18.4. The average Bonchev–Trinajstić information content (AvgIpc) is 2.17. The molecule has 1 heterocycles. The number of aromatic hydroxyl groups is 2. The van der Waals surface area contributed by atoms with Gasteiger partial charge in [-0.3, -0.25) is 4.57 Å². The predicted molar refractivity (Wildman–Crippen MR) is 43.5 cm³/mol. The minimum Gasteiger partial charge on any atom is -0.493 e. The Kier molecular flexibility index (Phi) is 2.20. The highest BCUT2D eigenvalue weighted by Gasteiger charge is 2.17. The maximum atomic E-state index is 9.19. The standard InChI is InChI=1S/C6H7Cl2NO2/c1-2-9-5(10)3(7)4(8)6(9)11/h10-11H,2H2,1H3. The Morgan fingerprint density at radius 1 is 1.18 bits per heavy atom. The van der Waals surface area contributed by atoms with Gasteiger partial charge in [-0.1, -0.05) is 23.2 Å². The van der Waals surface area contributed by atoms with Crippen LogP contribution in [0, 0.1) is 0 Å². The molecule has 0 spiro atoms. The van der Waals surface area contributed by atoms with E-state index in [0.29, 0.717) is 6.54 Å². The molecule has 5 heteroatoms. The number of hydrogen-bond acceptors (Lipinski definition) is 2. The number of nitrogens with zero attached hydrogens (tertiary/aromatic N) is 1. The van der Waals surface area contributed by atoms with Crippen LogP contribution >= 0.6 is 23.2 Å². The minimum atomic E-state index is -0.198. The van der Waals surface area contributed by atoms with E-state index in [-0.39, 0.29) is 21.8 Å². The molecule has 3 nitrogen and oxygen atoms in total. The third kappa shape index (κ3) is 1.14. The molecular formula is C6H7Cl2NO2. The van der Waals surface area contributed by atoms with Crippen molar-refractivity contribution in [2.24, 2.45) is 0 Å². The summed E-state index contributed by atoms with van der Waals surface area (Å²) in [5.41, 5.74) is 0. The van der Waals surface area contributed by atoms with Crippen molar-refractivity contribution < 1.29 is 10.2 Å². The van der Waals surface area contributed by atoms with E-state index in [1.54, 1.807) is 6.92 Å². The number of aromatic nitrogens is 1. The second-order valence-electron chi connectivity index (χ2n) is 2.02. The second-order valence-corrected chi connectivity index (χ2v) is 2.78. The molecule has 0 fully saturated rings. The van der Waals surface area contributed by atoms with Gasteiger partial charge >= 0.3 is 0 Å². The van der Waals surface area contributed by atoms with Gasteiger partial charge in [0.2, 0.25) is 11.8 Å². The molecule has 0 aromatic carbocycles. The van der Waals surface area contributed by atoms with Crippen LogP contribution in [0.5, 0.6) is 11.8 Å². The van der Waals surface area contributed by atoms with Crippen LogP contribution in [0.4, 0.5) is 0 Å². The fourth-order valence-electron chi connectivity index (χ4n) is 0.833. The van der Waals surface area contributed by atoms with Crippen molar-refractivity contribution in [2.45, 2.75) is 13.5 Å². The van der Waals surface area contributed by atoms with Crippen LogP contribution < -0.4 is 0 Å². The van der Waals surface area contributed by atoms with Crippen LogP contribution in [-0.2, 0) is 6.54 Å². The van der Waals surface area contributed by atoms with Gasteiger partial charge < -0.3 is 10.2 Å². The fraction of sp³-hybridized carbons (Fsp3) is 0.333. The van der Waals surface area contributed by atoms with E-state index in [9.17, 15) is 10.2 Å². The fourth-order valence-corrected chi connectivity index (χ4v) is 1.21. The quantitative estimate of drug-likeness (QED) is 0.723. The van der Waals surface area contributed by atoms with Gasteiger partial charge in [0.1, 0.15) is 10.0 Å². The molecule has 1 rings (SSSR count).